The number of carbonyl (C=O) groups is 1. The van der Waals surface area contributed by atoms with Gasteiger partial charge in [0.15, 0.2) is 0 Å². The summed E-state index contributed by atoms with van der Waals surface area (Å²) in [6.45, 7) is 3.41. The highest BCUT2D eigenvalue weighted by molar-refractivity contribution is 5.68. The van der Waals surface area contributed by atoms with Crippen LogP contribution in [0.3, 0.4) is 0 Å². The van der Waals surface area contributed by atoms with Crippen molar-refractivity contribution in [3.05, 3.63) is 0 Å². The molecule has 0 aromatic carbocycles. The second kappa shape index (κ2) is 15.3. The number of nitrogens with zero attached hydrogens (tertiary/aromatic N) is 1. The number of likely N-dealkylation sites (tertiary alicyclic amines) is 1. The van der Waals surface area contributed by atoms with Crippen LogP contribution in [0.25, 0.3) is 0 Å². The number of ether oxygens (including phenoxy) is 2. The fourth-order valence-corrected chi connectivity index (χ4v) is 4.03. The molecule has 0 radical (unpaired) electrons. The second-order valence-electron chi connectivity index (χ2n) is 9.05. The number of methoxy groups -OCH3 is 1. The average molecular weight is 385 g/mol. The molecule has 1 rings (SSSR count). The Morgan fingerprint density at radius 3 is 1.74 bits per heavy atom. The van der Waals surface area contributed by atoms with Gasteiger partial charge in [0.1, 0.15) is 12.6 Å². The summed E-state index contributed by atoms with van der Waals surface area (Å²) in [5, 5.41) is 0. The van der Waals surface area contributed by atoms with Gasteiger partial charge in [0.05, 0.1) is 27.7 Å². The van der Waals surface area contributed by atoms with Gasteiger partial charge in [-0.05, 0) is 12.8 Å². The van der Waals surface area contributed by atoms with Gasteiger partial charge in [-0.3, -0.25) is 4.79 Å². The van der Waals surface area contributed by atoms with E-state index in [1.165, 1.54) is 97.2 Å². The Bertz CT molecular complexity index is 371. The van der Waals surface area contributed by atoms with E-state index in [4.69, 9.17) is 4.74 Å². The van der Waals surface area contributed by atoms with Gasteiger partial charge in [-0.15, -0.1) is 0 Å². The highest BCUT2D eigenvalue weighted by Gasteiger charge is 2.30. The Hall–Kier alpha value is -0.610. The lowest BCUT2D eigenvalue weighted by molar-refractivity contribution is -0.879. The Morgan fingerprint density at radius 2 is 1.30 bits per heavy atom. The topological polar surface area (TPSA) is 35.5 Å². The molecule has 1 aliphatic rings. The fourth-order valence-electron chi connectivity index (χ4n) is 4.03. The summed E-state index contributed by atoms with van der Waals surface area (Å²) in [6, 6.07) is 0. The molecule has 0 saturated carbocycles. The first kappa shape index (κ1) is 24.4. The summed E-state index contributed by atoms with van der Waals surface area (Å²) in [6.07, 6.45) is 19.3. The number of esters is 1. The number of quaternary nitrogens is 1. The van der Waals surface area contributed by atoms with Crippen LogP contribution in [-0.4, -0.2) is 57.5 Å². The van der Waals surface area contributed by atoms with Crippen LogP contribution < -0.4 is 0 Å². The van der Waals surface area contributed by atoms with Crippen LogP contribution in [0.2, 0.25) is 0 Å². The molecule has 1 heterocycles. The molecule has 160 valence electrons. The van der Waals surface area contributed by atoms with E-state index in [2.05, 4.69) is 18.8 Å². The number of hydrogen-bond donors (Lipinski definition) is 0. The van der Waals surface area contributed by atoms with Crippen molar-refractivity contribution in [2.45, 2.75) is 102 Å². The third kappa shape index (κ3) is 14.1. The quantitative estimate of drug-likeness (QED) is 0.189. The number of likely N-dealkylation sites (N-methyl/N-ethyl adjacent to an activating group) is 1. The number of hydrogen-bond acceptors (Lipinski definition) is 3. The van der Waals surface area contributed by atoms with E-state index < -0.39 is 0 Å². The lowest BCUT2D eigenvalue weighted by atomic mass is 10.0. The molecule has 4 heteroatoms. The SMILES string of the molecule is COC(=O)CCCCCCCCCCCCCCCOC1CC[N+](C)(C)C1. The molecule has 0 spiro atoms. The van der Waals surface area contributed by atoms with E-state index in [0.717, 1.165) is 23.9 Å². The van der Waals surface area contributed by atoms with Gasteiger partial charge in [0.25, 0.3) is 0 Å². The second-order valence-corrected chi connectivity index (χ2v) is 9.05. The van der Waals surface area contributed by atoms with Gasteiger partial charge >= 0.3 is 5.97 Å². The Kier molecular flexibility index (Phi) is 13.9. The molecule has 1 saturated heterocycles. The number of carbonyl (C=O) groups excluding carboxylic acids is 1. The van der Waals surface area contributed by atoms with Crippen LogP contribution in [0.15, 0.2) is 0 Å². The lowest BCUT2D eigenvalue weighted by Crippen LogP contribution is -2.37. The first-order valence-electron chi connectivity index (χ1n) is 11.5. The highest BCUT2D eigenvalue weighted by Crippen LogP contribution is 2.17. The zero-order valence-electron chi connectivity index (χ0n) is 18.5. The third-order valence-corrected chi connectivity index (χ3v) is 5.86. The van der Waals surface area contributed by atoms with Crippen LogP contribution in [0.1, 0.15) is 96.3 Å². The Balaban J connectivity index is 1.71. The van der Waals surface area contributed by atoms with E-state index in [0.29, 0.717) is 12.5 Å². The van der Waals surface area contributed by atoms with Crippen molar-refractivity contribution in [2.24, 2.45) is 0 Å². The zero-order valence-corrected chi connectivity index (χ0v) is 18.5. The normalized spacial score (nSPS) is 18.7. The molecule has 4 nitrogen and oxygen atoms in total. The molecular weight excluding hydrogens is 338 g/mol. The maximum absolute atomic E-state index is 11.0. The van der Waals surface area contributed by atoms with E-state index in [9.17, 15) is 4.79 Å². The van der Waals surface area contributed by atoms with Gasteiger partial charge < -0.3 is 14.0 Å². The van der Waals surface area contributed by atoms with Crippen LogP contribution in [0, 0.1) is 0 Å². The molecule has 0 amide bonds. The largest absolute Gasteiger partial charge is 0.469 e. The molecule has 0 aliphatic carbocycles. The Labute approximate surface area is 168 Å². The molecule has 0 aromatic rings. The van der Waals surface area contributed by atoms with Crippen LogP contribution in [-0.2, 0) is 14.3 Å². The summed E-state index contributed by atoms with van der Waals surface area (Å²) in [7, 11) is 6.07. The van der Waals surface area contributed by atoms with Crippen molar-refractivity contribution >= 4 is 5.97 Å². The molecule has 1 aliphatic heterocycles. The first-order chi connectivity index (χ1) is 13.0. The molecule has 0 aromatic heterocycles. The molecule has 1 unspecified atom stereocenters. The Morgan fingerprint density at radius 1 is 0.815 bits per heavy atom. The van der Waals surface area contributed by atoms with Crippen molar-refractivity contribution in [3.63, 3.8) is 0 Å². The molecular formula is C23H46NO3+. The summed E-state index contributed by atoms with van der Waals surface area (Å²) in [5.41, 5.74) is 0. The van der Waals surface area contributed by atoms with E-state index >= 15 is 0 Å². The third-order valence-electron chi connectivity index (χ3n) is 5.86. The smallest absolute Gasteiger partial charge is 0.305 e. The summed E-state index contributed by atoms with van der Waals surface area (Å²) in [4.78, 5) is 11.0. The number of unbranched alkanes of at least 4 members (excludes halogenated alkanes) is 12. The highest BCUT2D eigenvalue weighted by atomic mass is 16.5. The van der Waals surface area contributed by atoms with Gasteiger partial charge in [-0.25, -0.2) is 0 Å². The predicted molar refractivity (Wildman–Crippen MR) is 113 cm³/mol. The van der Waals surface area contributed by atoms with E-state index in [1.807, 2.05) is 0 Å². The van der Waals surface area contributed by atoms with Gasteiger partial charge in [0.2, 0.25) is 0 Å². The lowest BCUT2D eigenvalue weighted by Gasteiger charge is -2.23. The summed E-state index contributed by atoms with van der Waals surface area (Å²) in [5.74, 6) is -0.0697. The fraction of sp³-hybridized carbons (Fsp3) is 0.957. The molecule has 27 heavy (non-hydrogen) atoms. The van der Waals surface area contributed by atoms with Crippen LogP contribution in [0.4, 0.5) is 0 Å². The van der Waals surface area contributed by atoms with Crippen molar-refractivity contribution in [1.82, 2.24) is 0 Å². The summed E-state index contributed by atoms with van der Waals surface area (Å²) >= 11 is 0. The van der Waals surface area contributed by atoms with Gasteiger partial charge in [-0.1, -0.05) is 70.6 Å². The molecule has 1 fully saturated rings. The minimum atomic E-state index is -0.0697. The van der Waals surface area contributed by atoms with Crippen molar-refractivity contribution in [3.8, 4) is 0 Å². The van der Waals surface area contributed by atoms with Gasteiger partial charge in [-0.2, -0.15) is 0 Å². The number of rotatable bonds is 17. The van der Waals surface area contributed by atoms with E-state index in [1.54, 1.807) is 0 Å². The standard InChI is InChI=1S/C23H46NO3/c1-24(2)19-18-22(21-24)27-20-16-14-12-10-8-6-4-5-7-9-11-13-15-17-23(25)26-3/h22H,4-21H2,1-3H3/q+1. The van der Waals surface area contributed by atoms with Crippen molar-refractivity contribution in [2.75, 3.05) is 40.9 Å². The van der Waals surface area contributed by atoms with Crippen molar-refractivity contribution < 1.29 is 18.8 Å². The minimum Gasteiger partial charge on any atom is -0.469 e. The monoisotopic (exact) mass is 384 g/mol. The molecule has 0 N–H and O–H groups in total. The van der Waals surface area contributed by atoms with Crippen LogP contribution in [0.5, 0.6) is 0 Å². The average Bonchev–Trinajstić information content (AvgIpc) is 2.99. The maximum atomic E-state index is 11.0. The summed E-state index contributed by atoms with van der Waals surface area (Å²) < 4.78 is 11.8. The van der Waals surface area contributed by atoms with Crippen LogP contribution >= 0.6 is 0 Å². The minimum absolute atomic E-state index is 0.0697. The van der Waals surface area contributed by atoms with Gasteiger partial charge in [0, 0.05) is 19.4 Å². The maximum Gasteiger partial charge on any atom is 0.305 e. The van der Waals surface area contributed by atoms with Crippen molar-refractivity contribution in [1.29, 1.82) is 0 Å². The molecule has 1 atom stereocenters. The molecule has 0 bridgehead atoms. The predicted octanol–water partition coefficient (Wildman–Crippen LogP) is 5.49. The van der Waals surface area contributed by atoms with E-state index in [-0.39, 0.29) is 5.97 Å². The zero-order chi connectivity index (χ0) is 19.8. The first-order valence-corrected chi connectivity index (χ1v) is 11.5.